The largest absolute Gasteiger partial charge is 0.451 e. The second kappa shape index (κ2) is 6.91. The van der Waals surface area contributed by atoms with Crippen molar-refractivity contribution in [3.05, 3.63) is 48.3 Å². The Morgan fingerprint density at radius 2 is 2.13 bits per heavy atom. The van der Waals surface area contributed by atoms with Crippen LogP contribution in [0.2, 0.25) is 0 Å². The Morgan fingerprint density at radius 1 is 1.30 bits per heavy atom. The number of fused-ring (bicyclic) bond motifs is 1. The van der Waals surface area contributed by atoms with Crippen LogP contribution in [0, 0.1) is 0 Å². The molecule has 120 valence electrons. The number of carbonyl (C=O) groups excluding carboxylic acids is 2. The lowest BCUT2D eigenvalue weighted by molar-refractivity contribution is -0.121. The summed E-state index contributed by atoms with van der Waals surface area (Å²) in [6.07, 6.45) is 2.54. The second-order valence-corrected chi connectivity index (χ2v) is 6.87. The standard InChI is InChI=1S/C17H18N2O3S/c1-12-8-10-19(14-6-2-3-7-15(14)23-12)16(20)11-22-17(21)13-5-4-9-18-13/h2-7,9,12,18H,8,10-11H2,1H3/t12-/m0/s1. The van der Waals surface area contributed by atoms with E-state index in [9.17, 15) is 9.59 Å². The lowest BCUT2D eigenvalue weighted by Crippen LogP contribution is -2.35. The van der Waals surface area contributed by atoms with Gasteiger partial charge in [0, 0.05) is 22.9 Å². The van der Waals surface area contributed by atoms with Crippen molar-refractivity contribution in [2.24, 2.45) is 0 Å². The topological polar surface area (TPSA) is 62.4 Å². The second-order valence-electron chi connectivity index (χ2n) is 5.39. The van der Waals surface area contributed by atoms with Crippen molar-refractivity contribution in [1.82, 2.24) is 4.98 Å². The predicted octanol–water partition coefficient (Wildman–Crippen LogP) is 3.09. The van der Waals surface area contributed by atoms with Crippen LogP contribution < -0.4 is 4.90 Å². The normalized spacial score (nSPS) is 17.3. The molecule has 2 heterocycles. The number of rotatable bonds is 3. The highest BCUT2D eigenvalue weighted by Crippen LogP contribution is 2.37. The molecule has 0 radical (unpaired) electrons. The minimum Gasteiger partial charge on any atom is -0.451 e. The third-order valence-corrected chi connectivity index (χ3v) is 4.93. The molecule has 1 N–H and O–H groups in total. The van der Waals surface area contributed by atoms with E-state index in [0.717, 1.165) is 17.0 Å². The maximum atomic E-state index is 12.5. The molecule has 1 aromatic heterocycles. The van der Waals surface area contributed by atoms with Crippen molar-refractivity contribution in [2.75, 3.05) is 18.1 Å². The Labute approximate surface area is 139 Å². The van der Waals surface area contributed by atoms with Crippen LogP contribution in [-0.2, 0) is 9.53 Å². The molecule has 0 unspecified atom stereocenters. The van der Waals surface area contributed by atoms with E-state index in [1.165, 1.54) is 0 Å². The predicted molar refractivity (Wildman–Crippen MR) is 89.8 cm³/mol. The van der Waals surface area contributed by atoms with Gasteiger partial charge in [-0.2, -0.15) is 0 Å². The van der Waals surface area contributed by atoms with Gasteiger partial charge in [-0.05, 0) is 30.7 Å². The van der Waals surface area contributed by atoms with Gasteiger partial charge in [-0.15, -0.1) is 11.8 Å². The van der Waals surface area contributed by atoms with E-state index >= 15 is 0 Å². The van der Waals surface area contributed by atoms with E-state index < -0.39 is 5.97 Å². The molecule has 0 aliphatic carbocycles. The number of esters is 1. The summed E-state index contributed by atoms with van der Waals surface area (Å²) in [4.78, 5) is 29.9. The van der Waals surface area contributed by atoms with Gasteiger partial charge < -0.3 is 14.6 Å². The Bertz CT molecular complexity index is 700. The highest BCUT2D eigenvalue weighted by Gasteiger charge is 2.25. The molecule has 1 amide bonds. The van der Waals surface area contributed by atoms with Crippen molar-refractivity contribution in [1.29, 1.82) is 0 Å². The van der Waals surface area contributed by atoms with E-state index in [2.05, 4.69) is 11.9 Å². The number of amides is 1. The van der Waals surface area contributed by atoms with Crippen LogP contribution in [-0.4, -0.2) is 35.3 Å². The highest BCUT2D eigenvalue weighted by molar-refractivity contribution is 8.00. The number of benzene rings is 1. The van der Waals surface area contributed by atoms with Crippen LogP contribution in [0.1, 0.15) is 23.8 Å². The first-order valence-corrected chi connectivity index (χ1v) is 8.39. The monoisotopic (exact) mass is 330 g/mol. The van der Waals surface area contributed by atoms with E-state index in [1.54, 1.807) is 35.0 Å². The highest BCUT2D eigenvalue weighted by atomic mass is 32.2. The molecule has 0 bridgehead atoms. The van der Waals surface area contributed by atoms with Gasteiger partial charge in [0.05, 0.1) is 5.69 Å². The minimum absolute atomic E-state index is 0.202. The maximum Gasteiger partial charge on any atom is 0.355 e. The fraction of sp³-hybridized carbons (Fsp3) is 0.294. The molecule has 0 spiro atoms. The number of hydrogen-bond acceptors (Lipinski definition) is 4. The smallest absolute Gasteiger partial charge is 0.355 e. The summed E-state index contributed by atoms with van der Waals surface area (Å²) in [5, 5.41) is 0.440. The number of carbonyl (C=O) groups is 2. The maximum absolute atomic E-state index is 12.5. The molecule has 1 atom stereocenters. The first-order chi connectivity index (χ1) is 11.1. The number of aromatic nitrogens is 1. The lowest BCUT2D eigenvalue weighted by Gasteiger charge is -2.22. The van der Waals surface area contributed by atoms with Crippen LogP contribution in [0.4, 0.5) is 5.69 Å². The number of thioether (sulfide) groups is 1. The van der Waals surface area contributed by atoms with Gasteiger partial charge in [-0.3, -0.25) is 4.79 Å². The van der Waals surface area contributed by atoms with Crippen molar-refractivity contribution in [3.63, 3.8) is 0 Å². The molecule has 0 fully saturated rings. The van der Waals surface area contributed by atoms with E-state index in [1.807, 2.05) is 24.3 Å². The molecule has 6 heteroatoms. The van der Waals surface area contributed by atoms with Crippen LogP contribution in [0.25, 0.3) is 0 Å². The van der Waals surface area contributed by atoms with Gasteiger partial charge >= 0.3 is 5.97 Å². The van der Waals surface area contributed by atoms with Gasteiger partial charge in [0.2, 0.25) is 0 Å². The van der Waals surface area contributed by atoms with E-state index in [-0.39, 0.29) is 12.5 Å². The minimum atomic E-state index is -0.519. The van der Waals surface area contributed by atoms with Crippen molar-refractivity contribution < 1.29 is 14.3 Å². The summed E-state index contributed by atoms with van der Waals surface area (Å²) in [6, 6.07) is 11.2. The van der Waals surface area contributed by atoms with E-state index in [4.69, 9.17) is 4.74 Å². The Morgan fingerprint density at radius 3 is 2.91 bits per heavy atom. The van der Waals surface area contributed by atoms with Crippen LogP contribution >= 0.6 is 11.8 Å². The summed E-state index contributed by atoms with van der Waals surface area (Å²) >= 11 is 1.77. The molecule has 1 aliphatic heterocycles. The first kappa shape index (κ1) is 15.7. The number of nitrogens with zero attached hydrogens (tertiary/aromatic N) is 1. The summed E-state index contributed by atoms with van der Waals surface area (Å²) < 4.78 is 5.12. The zero-order chi connectivity index (χ0) is 16.2. The number of ether oxygens (including phenoxy) is 1. The number of anilines is 1. The molecule has 0 saturated heterocycles. The Balaban J connectivity index is 1.70. The fourth-order valence-electron chi connectivity index (χ4n) is 2.49. The molecule has 0 saturated carbocycles. The number of nitrogens with one attached hydrogen (secondary N) is 1. The zero-order valence-corrected chi connectivity index (χ0v) is 13.6. The number of aromatic amines is 1. The quantitative estimate of drug-likeness (QED) is 0.879. The summed E-state index contributed by atoms with van der Waals surface area (Å²) in [5.41, 5.74) is 1.24. The molecule has 1 aromatic carbocycles. The SMILES string of the molecule is C[C@H]1CCN(C(=O)COC(=O)c2ccc[nH]2)c2ccccc2S1. The van der Waals surface area contributed by atoms with Crippen molar-refractivity contribution >= 4 is 29.3 Å². The molecule has 23 heavy (non-hydrogen) atoms. The summed E-state index contributed by atoms with van der Waals surface area (Å²) in [5.74, 6) is -0.721. The molecule has 2 aromatic rings. The molecule has 5 nitrogen and oxygen atoms in total. The average molecular weight is 330 g/mol. The van der Waals surface area contributed by atoms with E-state index in [0.29, 0.717) is 17.5 Å². The third kappa shape index (κ3) is 3.59. The molecule has 1 aliphatic rings. The number of para-hydroxylation sites is 1. The summed E-state index contributed by atoms with van der Waals surface area (Å²) in [7, 11) is 0. The molecular formula is C17H18N2O3S. The number of H-pyrrole nitrogens is 1. The Hall–Kier alpha value is -2.21. The van der Waals surface area contributed by atoms with Gasteiger partial charge in [0.1, 0.15) is 5.69 Å². The number of hydrogen-bond donors (Lipinski definition) is 1. The van der Waals surface area contributed by atoms with Crippen LogP contribution in [0.3, 0.4) is 0 Å². The summed E-state index contributed by atoms with van der Waals surface area (Å²) in [6.45, 7) is 2.52. The van der Waals surface area contributed by atoms with Crippen LogP contribution in [0.15, 0.2) is 47.5 Å². The molecule has 3 rings (SSSR count). The van der Waals surface area contributed by atoms with Gasteiger partial charge in [0.15, 0.2) is 6.61 Å². The molecular weight excluding hydrogens is 312 g/mol. The lowest BCUT2D eigenvalue weighted by atomic mass is 10.2. The average Bonchev–Trinajstić information content (AvgIpc) is 3.03. The first-order valence-electron chi connectivity index (χ1n) is 7.51. The van der Waals surface area contributed by atoms with Crippen molar-refractivity contribution in [3.8, 4) is 0 Å². The van der Waals surface area contributed by atoms with Gasteiger partial charge in [-0.1, -0.05) is 19.1 Å². The fourth-order valence-corrected chi connectivity index (χ4v) is 3.60. The van der Waals surface area contributed by atoms with Gasteiger partial charge in [0.25, 0.3) is 5.91 Å². The zero-order valence-electron chi connectivity index (χ0n) is 12.8. The third-order valence-electron chi connectivity index (χ3n) is 3.69. The van der Waals surface area contributed by atoms with Gasteiger partial charge in [-0.25, -0.2) is 4.79 Å². The van der Waals surface area contributed by atoms with Crippen LogP contribution in [0.5, 0.6) is 0 Å². The van der Waals surface area contributed by atoms with Crippen molar-refractivity contribution in [2.45, 2.75) is 23.5 Å². The Kier molecular flexibility index (Phi) is 4.71.